The number of rotatable bonds is 4. The number of nitrogens with one attached hydrogen (secondary N) is 2. The number of urea groups is 1. The molecule has 0 atom stereocenters. The molecule has 22 heavy (non-hydrogen) atoms. The van der Waals surface area contributed by atoms with E-state index in [1.807, 2.05) is 0 Å². The smallest absolute Gasteiger partial charge is 0.406 e. The van der Waals surface area contributed by atoms with Crippen molar-refractivity contribution >= 4 is 11.7 Å². The van der Waals surface area contributed by atoms with Gasteiger partial charge in [0.05, 0.1) is 12.2 Å². The second kappa shape index (κ2) is 6.79. The van der Waals surface area contributed by atoms with Gasteiger partial charge in [-0.2, -0.15) is 0 Å². The average Bonchev–Trinajstić information content (AvgIpc) is 2.45. The molecule has 0 spiro atoms. The maximum atomic E-state index is 12.1. The number of amides is 2. The Morgan fingerprint density at radius 3 is 2.68 bits per heavy atom. The lowest BCUT2D eigenvalue weighted by Crippen LogP contribution is -2.28. The van der Waals surface area contributed by atoms with Crippen LogP contribution in [0, 0.1) is 0 Å². The van der Waals surface area contributed by atoms with Gasteiger partial charge in [0.25, 0.3) is 0 Å². The van der Waals surface area contributed by atoms with Crippen LogP contribution in [-0.2, 0) is 6.54 Å². The molecule has 0 bridgehead atoms. The number of nitrogens with zero attached hydrogens (tertiary/aromatic N) is 1. The highest BCUT2D eigenvalue weighted by molar-refractivity contribution is 5.89. The van der Waals surface area contributed by atoms with Crippen LogP contribution in [0.4, 0.5) is 23.7 Å². The summed E-state index contributed by atoms with van der Waals surface area (Å²) >= 11 is 0. The molecule has 2 amide bonds. The van der Waals surface area contributed by atoms with Gasteiger partial charge in [-0.15, -0.1) is 13.2 Å². The lowest BCUT2D eigenvalue weighted by molar-refractivity contribution is -0.274. The Balaban J connectivity index is 1.90. The number of ether oxygens (including phenoxy) is 1. The van der Waals surface area contributed by atoms with E-state index < -0.39 is 18.1 Å². The van der Waals surface area contributed by atoms with Crippen molar-refractivity contribution in [3.63, 3.8) is 0 Å². The standard InChI is InChI=1S/C14H12F3N3O2/c15-14(16,17)22-12-6-3-5-10(8-12)20-13(21)19-9-11-4-1-2-7-18-11/h1-8H,9H2,(H2,19,20,21). The third-order valence-corrected chi connectivity index (χ3v) is 2.48. The number of aromatic nitrogens is 1. The van der Waals surface area contributed by atoms with Crippen LogP contribution in [0.5, 0.6) is 5.75 Å². The Kier molecular flexibility index (Phi) is 4.82. The van der Waals surface area contributed by atoms with E-state index in [4.69, 9.17) is 0 Å². The number of pyridine rings is 1. The fourth-order valence-corrected chi connectivity index (χ4v) is 1.62. The zero-order valence-electron chi connectivity index (χ0n) is 11.2. The zero-order valence-corrected chi connectivity index (χ0v) is 11.2. The van der Waals surface area contributed by atoms with Gasteiger partial charge in [0, 0.05) is 18.0 Å². The maximum Gasteiger partial charge on any atom is 0.573 e. The summed E-state index contributed by atoms with van der Waals surface area (Å²) in [4.78, 5) is 15.7. The molecule has 1 aromatic heterocycles. The van der Waals surface area contributed by atoms with Crippen LogP contribution in [0.2, 0.25) is 0 Å². The van der Waals surface area contributed by atoms with Crippen LogP contribution in [0.3, 0.4) is 0 Å². The van der Waals surface area contributed by atoms with Gasteiger partial charge in [-0.05, 0) is 24.3 Å². The SMILES string of the molecule is O=C(NCc1ccccn1)Nc1cccc(OC(F)(F)F)c1. The first kappa shape index (κ1) is 15.6. The number of halogens is 3. The number of hydrogen-bond donors (Lipinski definition) is 2. The zero-order chi connectivity index (χ0) is 16.0. The van der Waals surface area contributed by atoms with Crippen molar-refractivity contribution in [2.24, 2.45) is 0 Å². The second-order valence-electron chi connectivity index (χ2n) is 4.20. The van der Waals surface area contributed by atoms with Crippen LogP contribution in [0.25, 0.3) is 0 Å². The minimum atomic E-state index is -4.78. The highest BCUT2D eigenvalue weighted by Gasteiger charge is 2.31. The number of anilines is 1. The summed E-state index contributed by atoms with van der Waals surface area (Å²) in [6.07, 6.45) is -3.19. The number of carbonyl (C=O) groups is 1. The molecule has 5 nitrogen and oxygen atoms in total. The molecule has 0 aliphatic rings. The van der Waals surface area contributed by atoms with E-state index in [9.17, 15) is 18.0 Å². The van der Waals surface area contributed by atoms with Crippen molar-refractivity contribution in [1.82, 2.24) is 10.3 Å². The monoisotopic (exact) mass is 311 g/mol. The van der Waals surface area contributed by atoms with Gasteiger partial charge in [-0.3, -0.25) is 4.98 Å². The highest BCUT2D eigenvalue weighted by Crippen LogP contribution is 2.24. The highest BCUT2D eigenvalue weighted by atomic mass is 19.4. The van der Waals surface area contributed by atoms with E-state index in [0.717, 1.165) is 12.1 Å². The summed E-state index contributed by atoms with van der Waals surface area (Å²) in [5.41, 5.74) is 0.840. The molecule has 8 heteroatoms. The molecule has 2 N–H and O–H groups in total. The van der Waals surface area contributed by atoms with E-state index >= 15 is 0 Å². The van der Waals surface area contributed by atoms with Gasteiger partial charge in [-0.25, -0.2) is 4.79 Å². The molecular weight excluding hydrogens is 299 g/mol. The normalized spacial score (nSPS) is 10.9. The lowest BCUT2D eigenvalue weighted by Gasteiger charge is -2.11. The molecule has 2 aromatic rings. The molecule has 116 valence electrons. The van der Waals surface area contributed by atoms with Gasteiger partial charge in [-0.1, -0.05) is 12.1 Å². The van der Waals surface area contributed by atoms with Crippen molar-refractivity contribution < 1.29 is 22.7 Å². The van der Waals surface area contributed by atoms with E-state index in [2.05, 4.69) is 20.4 Å². The summed E-state index contributed by atoms with van der Waals surface area (Å²) in [6.45, 7) is 0.200. The fourth-order valence-electron chi connectivity index (χ4n) is 1.62. The molecule has 0 radical (unpaired) electrons. The summed E-state index contributed by atoms with van der Waals surface area (Å²) in [5, 5.41) is 4.95. The van der Waals surface area contributed by atoms with Gasteiger partial charge >= 0.3 is 12.4 Å². The number of hydrogen-bond acceptors (Lipinski definition) is 3. The number of alkyl halides is 3. The lowest BCUT2D eigenvalue weighted by atomic mass is 10.3. The molecule has 1 aromatic carbocycles. The molecule has 0 unspecified atom stereocenters. The van der Waals surface area contributed by atoms with Crippen LogP contribution < -0.4 is 15.4 Å². The average molecular weight is 311 g/mol. The summed E-state index contributed by atoms with van der Waals surface area (Å²) < 4.78 is 40.1. The van der Waals surface area contributed by atoms with Gasteiger partial charge in [0.1, 0.15) is 5.75 Å². The summed E-state index contributed by atoms with van der Waals surface area (Å²) in [5.74, 6) is -0.407. The maximum absolute atomic E-state index is 12.1. The third kappa shape index (κ3) is 5.31. The summed E-state index contributed by atoms with van der Waals surface area (Å²) in [6, 6.07) is 9.71. The van der Waals surface area contributed by atoms with Crippen LogP contribution in [0.1, 0.15) is 5.69 Å². The third-order valence-electron chi connectivity index (χ3n) is 2.48. The molecule has 0 fully saturated rings. The van der Waals surface area contributed by atoms with E-state index in [1.165, 1.54) is 12.1 Å². The Morgan fingerprint density at radius 2 is 2.00 bits per heavy atom. The Bertz CT molecular complexity index is 633. The van der Waals surface area contributed by atoms with Crippen molar-refractivity contribution in [3.8, 4) is 5.75 Å². The minimum absolute atomic E-state index is 0.181. The first-order valence-electron chi connectivity index (χ1n) is 6.23. The Labute approximate surface area is 124 Å². The molecule has 0 saturated carbocycles. The van der Waals surface area contributed by atoms with Crippen LogP contribution in [-0.4, -0.2) is 17.4 Å². The van der Waals surface area contributed by atoms with Gasteiger partial charge in [0.2, 0.25) is 0 Å². The van der Waals surface area contributed by atoms with E-state index in [0.29, 0.717) is 5.69 Å². The van der Waals surface area contributed by atoms with E-state index in [1.54, 1.807) is 24.4 Å². The van der Waals surface area contributed by atoms with Crippen molar-refractivity contribution in [1.29, 1.82) is 0 Å². The van der Waals surface area contributed by atoms with Gasteiger partial charge < -0.3 is 15.4 Å². The Morgan fingerprint density at radius 1 is 1.18 bits per heavy atom. The van der Waals surface area contributed by atoms with Crippen molar-refractivity contribution in [3.05, 3.63) is 54.4 Å². The Hall–Kier alpha value is -2.77. The number of carbonyl (C=O) groups excluding carboxylic acids is 1. The van der Waals surface area contributed by atoms with E-state index in [-0.39, 0.29) is 12.2 Å². The molecule has 2 rings (SSSR count). The predicted molar refractivity (Wildman–Crippen MR) is 73.2 cm³/mol. The van der Waals surface area contributed by atoms with Crippen LogP contribution >= 0.6 is 0 Å². The quantitative estimate of drug-likeness (QED) is 0.910. The number of benzene rings is 1. The topological polar surface area (TPSA) is 63.2 Å². The van der Waals surface area contributed by atoms with Crippen molar-refractivity contribution in [2.45, 2.75) is 12.9 Å². The van der Waals surface area contributed by atoms with Gasteiger partial charge in [0.15, 0.2) is 0 Å². The van der Waals surface area contributed by atoms with Crippen LogP contribution in [0.15, 0.2) is 48.7 Å². The molecular formula is C14H12F3N3O2. The molecule has 1 heterocycles. The predicted octanol–water partition coefficient (Wildman–Crippen LogP) is 3.30. The van der Waals surface area contributed by atoms with Crippen molar-refractivity contribution in [2.75, 3.05) is 5.32 Å². The second-order valence-corrected chi connectivity index (χ2v) is 4.20. The molecule has 0 aliphatic carbocycles. The first-order valence-corrected chi connectivity index (χ1v) is 6.23. The minimum Gasteiger partial charge on any atom is -0.406 e. The fraction of sp³-hybridized carbons (Fsp3) is 0.143. The molecule has 0 aliphatic heterocycles. The first-order chi connectivity index (χ1) is 10.4. The molecule has 0 saturated heterocycles. The largest absolute Gasteiger partial charge is 0.573 e. The summed E-state index contributed by atoms with van der Waals surface area (Å²) in [7, 11) is 0.